The minimum Gasteiger partial charge on any atom is -0.380 e. The van der Waals surface area contributed by atoms with Crippen molar-refractivity contribution in [3.05, 3.63) is 95.6 Å². The minimum atomic E-state index is -3.40. The standard InChI is InChI=1S/C23H26N2O3S/c1-28-18-21-22(24-29(2,26)27)14-9-15-23(21)25(16-19-10-5-3-6-11-19)17-20-12-7-4-8-13-20/h3-15,24H,16-18H2,1-2H3. The molecule has 0 saturated carbocycles. The van der Waals surface area contributed by atoms with E-state index in [1.807, 2.05) is 48.5 Å². The third kappa shape index (κ3) is 6.07. The molecule has 0 heterocycles. The van der Waals surface area contributed by atoms with Crippen molar-refractivity contribution in [2.75, 3.05) is 23.0 Å². The third-order valence-electron chi connectivity index (χ3n) is 4.51. The van der Waals surface area contributed by atoms with Crippen LogP contribution in [-0.2, 0) is 34.5 Å². The fourth-order valence-electron chi connectivity index (χ4n) is 3.30. The van der Waals surface area contributed by atoms with Crippen LogP contribution in [0, 0.1) is 0 Å². The van der Waals surface area contributed by atoms with E-state index in [-0.39, 0.29) is 0 Å². The number of hydrogen-bond donors (Lipinski definition) is 1. The summed E-state index contributed by atoms with van der Waals surface area (Å²) in [7, 11) is -1.79. The van der Waals surface area contributed by atoms with Gasteiger partial charge >= 0.3 is 0 Å². The molecule has 0 aliphatic heterocycles. The quantitative estimate of drug-likeness (QED) is 0.568. The SMILES string of the molecule is COCc1c(NS(C)(=O)=O)cccc1N(Cc1ccccc1)Cc1ccccc1. The maximum Gasteiger partial charge on any atom is 0.229 e. The van der Waals surface area contributed by atoms with E-state index in [4.69, 9.17) is 4.74 Å². The van der Waals surface area contributed by atoms with Crippen molar-refractivity contribution in [1.29, 1.82) is 0 Å². The van der Waals surface area contributed by atoms with E-state index in [2.05, 4.69) is 33.9 Å². The Balaban J connectivity index is 2.04. The molecule has 29 heavy (non-hydrogen) atoms. The molecule has 0 amide bonds. The lowest BCUT2D eigenvalue weighted by molar-refractivity contribution is 0.185. The van der Waals surface area contributed by atoms with Crippen molar-refractivity contribution in [2.45, 2.75) is 19.7 Å². The Morgan fingerprint density at radius 2 is 1.38 bits per heavy atom. The van der Waals surface area contributed by atoms with E-state index in [0.717, 1.165) is 17.5 Å². The Kier molecular flexibility index (Phi) is 6.90. The maximum absolute atomic E-state index is 11.9. The van der Waals surface area contributed by atoms with Gasteiger partial charge in [-0.25, -0.2) is 8.42 Å². The summed E-state index contributed by atoms with van der Waals surface area (Å²) in [5, 5.41) is 0. The summed E-state index contributed by atoms with van der Waals surface area (Å²) in [4.78, 5) is 2.24. The smallest absolute Gasteiger partial charge is 0.229 e. The van der Waals surface area contributed by atoms with Gasteiger partial charge in [0.05, 0.1) is 18.6 Å². The highest BCUT2D eigenvalue weighted by Gasteiger charge is 2.17. The Bertz CT molecular complexity index is 981. The molecule has 0 saturated heterocycles. The maximum atomic E-state index is 11.9. The molecule has 0 aliphatic rings. The molecular formula is C23H26N2O3S. The van der Waals surface area contributed by atoms with E-state index < -0.39 is 10.0 Å². The summed E-state index contributed by atoms with van der Waals surface area (Å²) in [5.74, 6) is 0. The number of benzene rings is 3. The first-order valence-corrected chi connectivity index (χ1v) is 11.3. The van der Waals surface area contributed by atoms with Gasteiger partial charge in [0.1, 0.15) is 0 Å². The van der Waals surface area contributed by atoms with Gasteiger partial charge in [0, 0.05) is 31.5 Å². The zero-order valence-electron chi connectivity index (χ0n) is 16.7. The van der Waals surface area contributed by atoms with Crippen LogP contribution in [0.25, 0.3) is 0 Å². The van der Waals surface area contributed by atoms with Gasteiger partial charge in [-0.15, -0.1) is 0 Å². The molecule has 1 N–H and O–H groups in total. The number of nitrogens with zero attached hydrogens (tertiary/aromatic N) is 1. The van der Waals surface area contributed by atoms with Crippen molar-refractivity contribution in [1.82, 2.24) is 0 Å². The summed E-state index contributed by atoms with van der Waals surface area (Å²) in [6, 6.07) is 26.1. The molecule has 3 rings (SSSR count). The topological polar surface area (TPSA) is 58.6 Å². The number of hydrogen-bond acceptors (Lipinski definition) is 4. The highest BCUT2D eigenvalue weighted by atomic mass is 32.2. The van der Waals surface area contributed by atoms with Crippen LogP contribution in [0.15, 0.2) is 78.9 Å². The van der Waals surface area contributed by atoms with Gasteiger partial charge < -0.3 is 9.64 Å². The van der Waals surface area contributed by atoms with Gasteiger partial charge in [-0.3, -0.25) is 4.72 Å². The van der Waals surface area contributed by atoms with E-state index in [0.29, 0.717) is 25.4 Å². The summed E-state index contributed by atoms with van der Waals surface area (Å²) in [5.41, 5.74) is 4.64. The number of methoxy groups -OCH3 is 1. The lowest BCUT2D eigenvalue weighted by Crippen LogP contribution is -2.24. The van der Waals surface area contributed by atoms with Crippen molar-refractivity contribution in [3.63, 3.8) is 0 Å². The van der Waals surface area contributed by atoms with Gasteiger partial charge in [0.25, 0.3) is 0 Å². The van der Waals surface area contributed by atoms with Gasteiger partial charge in [-0.05, 0) is 23.3 Å². The second kappa shape index (κ2) is 9.58. The van der Waals surface area contributed by atoms with Crippen LogP contribution in [0.2, 0.25) is 0 Å². The number of sulfonamides is 1. The summed E-state index contributed by atoms with van der Waals surface area (Å²) in [6.07, 6.45) is 1.15. The predicted octanol–water partition coefficient (Wildman–Crippen LogP) is 4.41. The fourth-order valence-corrected chi connectivity index (χ4v) is 3.89. The predicted molar refractivity (Wildman–Crippen MR) is 118 cm³/mol. The van der Waals surface area contributed by atoms with Crippen LogP contribution in [0.1, 0.15) is 16.7 Å². The molecule has 3 aromatic carbocycles. The molecule has 0 radical (unpaired) electrons. The fraction of sp³-hybridized carbons (Fsp3) is 0.217. The van der Waals surface area contributed by atoms with Gasteiger partial charge in [0.15, 0.2) is 0 Å². The number of rotatable bonds is 9. The molecule has 5 nitrogen and oxygen atoms in total. The van der Waals surface area contributed by atoms with Crippen LogP contribution in [0.4, 0.5) is 11.4 Å². The van der Waals surface area contributed by atoms with Crippen LogP contribution in [0.5, 0.6) is 0 Å². The van der Waals surface area contributed by atoms with Crippen LogP contribution in [-0.4, -0.2) is 21.8 Å². The average Bonchev–Trinajstić information content (AvgIpc) is 2.69. The first-order chi connectivity index (χ1) is 14.0. The lowest BCUT2D eigenvalue weighted by Gasteiger charge is -2.29. The lowest BCUT2D eigenvalue weighted by atomic mass is 10.1. The molecule has 3 aromatic rings. The van der Waals surface area contributed by atoms with Crippen molar-refractivity contribution in [3.8, 4) is 0 Å². The minimum absolute atomic E-state index is 0.300. The number of ether oxygens (including phenoxy) is 1. The van der Waals surface area contributed by atoms with E-state index >= 15 is 0 Å². The molecule has 0 spiro atoms. The average molecular weight is 411 g/mol. The van der Waals surface area contributed by atoms with E-state index in [1.165, 1.54) is 11.1 Å². The Morgan fingerprint density at radius 1 is 0.828 bits per heavy atom. The third-order valence-corrected chi connectivity index (χ3v) is 5.10. The molecule has 152 valence electrons. The molecule has 6 heteroatoms. The monoisotopic (exact) mass is 410 g/mol. The molecule has 0 unspecified atom stereocenters. The number of anilines is 2. The summed E-state index contributed by atoms with van der Waals surface area (Å²) in [6.45, 7) is 1.68. The molecule has 0 bridgehead atoms. The second-order valence-corrected chi connectivity index (χ2v) is 8.69. The van der Waals surface area contributed by atoms with Crippen molar-refractivity contribution in [2.24, 2.45) is 0 Å². The Morgan fingerprint density at radius 3 is 1.86 bits per heavy atom. The summed E-state index contributed by atoms with van der Waals surface area (Å²) >= 11 is 0. The van der Waals surface area contributed by atoms with Gasteiger partial charge in [0.2, 0.25) is 10.0 Å². The first-order valence-electron chi connectivity index (χ1n) is 9.37. The van der Waals surface area contributed by atoms with Crippen molar-refractivity contribution < 1.29 is 13.2 Å². The number of nitrogens with one attached hydrogen (secondary N) is 1. The first kappa shape index (κ1) is 20.9. The molecule has 0 aliphatic carbocycles. The summed E-state index contributed by atoms with van der Waals surface area (Å²) < 4.78 is 31.7. The van der Waals surface area contributed by atoms with Crippen LogP contribution < -0.4 is 9.62 Å². The Labute approximate surface area is 173 Å². The van der Waals surface area contributed by atoms with Crippen molar-refractivity contribution >= 4 is 21.4 Å². The zero-order chi connectivity index (χ0) is 20.7. The molecule has 0 aromatic heterocycles. The highest BCUT2D eigenvalue weighted by molar-refractivity contribution is 7.92. The highest BCUT2D eigenvalue weighted by Crippen LogP contribution is 2.31. The van der Waals surface area contributed by atoms with Crippen LogP contribution >= 0.6 is 0 Å². The Hall–Kier alpha value is -2.83. The second-order valence-electron chi connectivity index (χ2n) is 6.94. The molecular weight excluding hydrogens is 384 g/mol. The van der Waals surface area contributed by atoms with Crippen LogP contribution in [0.3, 0.4) is 0 Å². The zero-order valence-corrected chi connectivity index (χ0v) is 17.5. The molecule has 0 atom stereocenters. The van der Waals surface area contributed by atoms with E-state index in [9.17, 15) is 8.42 Å². The molecule has 0 fully saturated rings. The van der Waals surface area contributed by atoms with E-state index in [1.54, 1.807) is 13.2 Å². The van der Waals surface area contributed by atoms with Gasteiger partial charge in [-0.2, -0.15) is 0 Å². The largest absolute Gasteiger partial charge is 0.380 e. The van der Waals surface area contributed by atoms with Gasteiger partial charge in [-0.1, -0.05) is 66.7 Å². The normalized spacial score (nSPS) is 11.2.